The zero-order chi connectivity index (χ0) is 14.9. The van der Waals surface area contributed by atoms with Crippen LogP contribution in [0.25, 0.3) is 0 Å². The third-order valence-electron chi connectivity index (χ3n) is 1.62. The van der Waals surface area contributed by atoms with Crippen LogP contribution in [0.2, 0.25) is 0 Å². The second kappa shape index (κ2) is 4.73. The van der Waals surface area contributed by atoms with Crippen LogP contribution >= 0.6 is 0 Å². The van der Waals surface area contributed by atoms with E-state index in [1.807, 2.05) is 0 Å². The molecule has 0 aromatic heterocycles. The maximum Gasteiger partial charge on any atom is 0.460 e. The monoisotopic (exact) mass is 286 g/mol. The molecule has 0 aromatic rings. The highest BCUT2D eigenvalue weighted by atomic mass is 19.4. The van der Waals surface area contributed by atoms with E-state index in [-0.39, 0.29) is 0 Å². The summed E-state index contributed by atoms with van der Waals surface area (Å²) in [5.74, 6) is -14.8. The van der Waals surface area contributed by atoms with Crippen LogP contribution in [0.15, 0.2) is 12.2 Å². The summed E-state index contributed by atoms with van der Waals surface area (Å²) < 4.78 is 100. The molecule has 0 heterocycles. The standard InChI is InChI=1S/C8H6F8O2/c1-3(2)4(17)18-5(9)6(10,11)7(12,13)8(14,15)16/h5H,1H2,2H3. The average molecular weight is 286 g/mol. The number of esters is 1. The van der Waals surface area contributed by atoms with E-state index in [9.17, 15) is 39.9 Å². The maximum absolute atomic E-state index is 12.6. The van der Waals surface area contributed by atoms with Crippen molar-refractivity contribution in [2.75, 3.05) is 0 Å². The molecule has 0 rings (SSSR count). The van der Waals surface area contributed by atoms with Crippen molar-refractivity contribution >= 4 is 5.97 Å². The highest BCUT2D eigenvalue weighted by Crippen LogP contribution is 2.48. The minimum absolute atomic E-state index is 0.649. The molecule has 0 bridgehead atoms. The average Bonchev–Trinajstić information content (AvgIpc) is 2.14. The number of carbonyl (C=O) groups is 1. The lowest BCUT2D eigenvalue weighted by Crippen LogP contribution is -2.57. The normalized spacial score (nSPS) is 15.2. The lowest BCUT2D eigenvalue weighted by Gasteiger charge is -2.29. The van der Waals surface area contributed by atoms with Gasteiger partial charge >= 0.3 is 30.3 Å². The molecule has 0 aliphatic rings. The summed E-state index contributed by atoms with van der Waals surface area (Å²) in [5.41, 5.74) is -0.649. The molecule has 18 heavy (non-hydrogen) atoms. The summed E-state index contributed by atoms with van der Waals surface area (Å²) in [4.78, 5) is 10.6. The number of ether oxygens (including phenoxy) is 1. The first-order chi connectivity index (χ1) is 7.75. The van der Waals surface area contributed by atoms with E-state index in [0.29, 0.717) is 0 Å². The lowest BCUT2D eigenvalue weighted by atomic mass is 10.1. The van der Waals surface area contributed by atoms with Gasteiger partial charge in [0.05, 0.1) is 0 Å². The van der Waals surface area contributed by atoms with Gasteiger partial charge in [0.25, 0.3) is 0 Å². The fourth-order valence-corrected chi connectivity index (χ4v) is 0.600. The minimum atomic E-state index is -6.70. The van der Waals surface area contributed by atoms with Gasteiger partial charge in [-0.15, -0.1) is 0 Å². The summed E-state index contributed by atoms with van der Waals surface area (Å²) in [6.45, 7) is 3.66. The molecule has 0 radical (unpaired) electrons. The first-order valence-electron chi connectivity index (χ1n) is 4.08. The van der Waals surface area contributed by atoms with Gasteiger partial charge in [0.1, 0.15) is 0 Å². The molecule has 0 saturated heterocycles. The van der Waals surface area contributed by atoms with Gasteiger partial charge in [-0.25, -0.2) is 4.79 Å². The van der Waals surface area contributed by atoms with E-state index in [0.717, 1.165) is 6.92 Å². The Kier molecular flexibility index (Phi) is 4.37. The van der Waals surface area contributed by atoms with Crippen LogP contribution in [0.5, 0.6) is 0 Å². The zero-order valence-electron chi connectivity index (χ0n) is 8.62. The van der Waals surface area contributed by atoms with Crippen LogP contribution in [-0.4, -0.2) is 30.3 Å². The molecule has 10 heteroatoms. The Morgan fingerprint density at radius 3 is 1.78 bits per heavy atom. The van der Waals surface area contributed by atoms with Crippen LogP contribution in [0.3, 0.4) is 0 Å². The molecule has 106 valence electrons. The van der Waals surface area contributed by atoms with Crippen molar-refractivity contribution in [3.05, 3.63) is 12.2 Å². The molecular weight excluding hydrogens is 280 g/mol. The maximum atomic E-state index is 12.6. The van der Waals surface area contributed by atoms with Crippen molar-refractivity contribution in [3.8, 4) is 0 Å². The zero-order valence-corrected chi connectivity index (χ0v) is 8.62. The predicted molar refractivity (Wildman–Crippen MR) is 41.8 cm³/mol. The van der Waals surface area contributed by atoms with Crippen LogP contribution in [0.1, 0.15) is 6.92 Å². The molecule has 0 amide bonds. The molecule has 1 unspecified atom stereocenters. The minimum Gasteiger partial charge on any atom is -0.421 e. The van der Waals surface area contributed by atoms with Gasteiger partial charge in [-0.1, -0.05) is 6.58 Å². The van der Waals surface area contributed by atoms with Gasteiger partial charge < -0.3 is 4.74 Å². The van der Waals surface area contributed by atoms with Crippen molar-refractivity contribution in [1.29, 1.82) is 0 Å². The van der Waals surface area contributed by atoms with Crippen LogP contribution in [-0.2, 0) is 9.53 Å². The molecule has 0 N–H and O–H groups in total. The Balaban J connectivity index is 5.15. The predicted octanol–water partition coefficient (Wildman–Crippen LogP) is 3.23. The van der Waals surface area contributed by atoms with E-state index in [4.69, 9.17) is 0 Å². The molecule has 0 aliphatic carbocycles. The fourth-order valence-electron chi connectivity index (χ4n) is 0.600. The first-order valence-corrected chi connectivity index (χ1v) is 4.08. The molecule has 0 spiro atoms. The second-order valence-corrected chi connectivity index (χ2v) is 3.20. The van der Waals surface area contributed by atoms with E-state index in [2.05, 4.69) is 11.3 Å². The summed E-state index contributed by atoms with van der Waals surface area (Å²) in [6.07, 6.45) is -11.2. The second-order valence-electron chi connectivity index (χ2n) is 3.20. The van der Waals surface area contributed by atoms with Crippen molar-refractivity contribution in [1.82, 2.24) is 0 Å². The molecule has 2 nitrogen and oxygen atoms in total. The van der Waals surface area contributed by atoms with Gasteiger partial charge in [0, 0.05) is 5.57 Å². The van der Waals surface area contributed by atoms with Crippen LogP contribution < -0.4 is 0 Å². The van der Waals surface area contributed by atoms with E-state index < -0.39 is 35.9 Å². The first kappa shape index (κ1) is 16.6. The third-order valence-corrected chi connectivity index (χ3v) is 1.62. The summed E-state index contributed by atoms with van der Waals surface area (Å²) in [7, 11) is 0. The van der Waals surface area contributed by atoms with Gasteiger partial charge in [-0.2, -0.15) is 35.1 Å². The van der Waals surface area contributed by atoms with E-state index >= 15 is 0 Å². The fraction of sp³-hybridized carbons (Fsp3) is 0.625. The molecule has 1 atom stereocenters. The molecule has 0 fully saturated rings. The Labute approximate surface area is 95.2 Å². The van der Waals surface area contributed by atoms with Crippen LogP contribution in [0.4, 0.5) is 35.1 Å². The van der Waals surface area contributed by atoms with Crippen molar-refractivity contribution in [3.63, 3.8) is 0 Å². The number of halogens is 8. The van der Waals surface area contributed by atoms with Gasteiger partial charge in [-0.05, 0) is 6.92 Å². The van der Waals surface area contributed by atoms with Crippen LogP contribution in [0, 0.1) is 0 Å². The van der Waals surface area contributed by atoms with Crippen molar-refractivity contribution in [2.45, 2.75) is 31.3 Å². The van der Waals surface area contributed by atoms with Crippen molar-refractivity contribution < 1.29 is 44.7 Å². The largest absolute Gasteiger partial charge is 0.460 e. The smallest absolute Gasteiger partial charge is 0.421 e. The summed E-state index contributed by atoms with van der Waals surface area (Å²) in [5, 5.41) is 0. The molecule has 0 aromatic carbocycles. The van der Waals surface area contributed by atoms with Gasteiger partial charge in [-0.3, -0.25) is 0 Å². The lowest BCUT2D eigenvalue weighted by molar-refractivity contribution is -0.382. The Hall–Kier alpha value is -1.35. The quantitative estimate of drug-likeness (QED) is 0.450. The SMILES string of the molecule is C=C(C)C(=O)OC(F)C(F)(F)C(F)(F)C(F)(F)F. The van der Waals surface area contributed by atoms with Crippen molar-refractivity contribution in [2.24, 2.45) is 0 Å². The van der Waals surface area contributed by atoms with E-state index in [1.165, 1.54) is 0 Å². The molecule has 0 aliphatic heterocycles. The summed E-state index contributed by atoms with van der Waals surface area (Å²) in [6, 6.07) is 0. The molecule has 0 saturated carbocycles. The number of alkyl halides is 8. The Bertz CT molecular complexity index is 345. The number of hydrogen-bond donors (Lipinski definition) is 0. The summed E-state index contributed by atoms with van der Waals surface area (Å²) >= 11 is 0. The Morgan fingerprint density at radius 1 is 1.11 bits per heavy atom. The molecular formula is C8H6F8O2. The number of carbonyl (C=O) groups excluding carboxylic acids is 1. The van der Waals surface area contributed by atoms with E-state index in [1.54, 1.807) is 0 Å². The number of hydrogen-bond acceptors (Lipinski definition) is 2. The highest BCUT2D eigenvalue weighted by molar-refractivity contribution is 5.87. The van der Waals surface area contributed by atoms with Gasteiger partial charge in [0.15, 0.2) is 0 Å². The number of rotatable bonds is 4. The topological polar surface area (TPSA) is 26.3 Å². The Morgan fingerprint density at radius 2 is 1.50 bits per heavy atom. The highest BCUT2D eigenvalue weighted by Gasteiger charge is 2.77. The van der Waals surface area contributed by atoms with Gasteiger partial charge in [0.2, 0.25) is 0 Å². The third kappa shape index (κ3) is 2.91.